The Hall–Kier alpha value is -1.26. The molecule has 1 saturated carbocycles. The molecule has 2 N–H and O–H groups in total. The third-order valence-electron chi connectivity index (χ3n) is 4.25. The molecule has 4 heteroatoms. The summed E-state index contributed by atoms with van der Waals surface area (Å²) in [5, 5.41) is 0. The first-order chi connectivity index (χ1) is 10.1. The van der Waals surface area contributed by atoms with E-state index in [1.54, 1.807) is 0 Å². The number of benzene rings is 2. The van der Waals surface area contributed by atoms with Gasteiger partial charge in [-0.1, -0.05) is 36.8 Å². The average Bonchev–Trinajstić information content (AvgIpc) is 2.43. The van der Waals surface area contributed by atoms with Crippen molar-refractivity contribution in [3.8, 4) is 0 Å². The van der Waals surface area contributed by atoms with Gasteiger partial charge in [0.2, 0.25) is 0 Å². The first kappa shape index (κ1) is 14.7. The smallest absolute Gasteiger partial charge is 0.173 e. The summed E-state index contributed by atoms with van der Waals surface area (Å²) in [6.07, 6.45) is 3.71. The van der Waals surface area contributed by atoms with Gasteiger partial charge in [0, 0.05) is 0 Å². The first-order valence-corrected chi connectivity index (χ1v) is 7.86. The van der Waals surface area contributed by atoms with E-state index in [1.807, 2.05) is 12.1 Å². The van der Waals surface area contributed by atoms with Crippen molar-refractivity contribution in [1.82, 2.24) is 0 Å². The molecule has 0 aliphatic heterocycles. The van der Waals surface area contributed by atoms with Crippen LogP contribution in [0.4, 0.5) is 8.78 Å². The van der Waals surface area contributed by atoms with E-state index in [1.165, 1.54) is 30.9 Å². The lowest BCUT2D eigenvalue weighted by Crippen LogP contribution is -2.15. The summed E-state index contributed by atoms with van der Waals surface area (Å²) in [5.74, 6) is -1.15. The van der Waals surface area contributed by atoms with E-state index in [0.29, 0.717) is 11.5 Å². The highest BCUT2D eigenvalue weighted by Gasteiger charge is 2.22. The number of nitrogens with two attached hydrogens (primary N) is 1. The molecule has 21 heavy (non-hydrogen) atoms. The molecule has 0 bridgehead atoms. The maximum Gasteiger partial charge on any atom is 0.173 e. The molecule has 0 radical (unpaired) electrons. The summed E-state index contributed by atoms with van der Waals surface area (Å²) in [4.78, 5) is 0. The van der Waals surface area contributed by atoms with E-state index < -0.39 is 17.7 Å². The van der Waals surface area contributed by atoms with Crippen LogP contribution >= 0.6 is 15.9 Å². The van der Waals surface area contributed by atoms with Crippen molar-refractivity contribution in [3.05, 3.63) is 69.2 Å². The van der Waals surface area contributed by atoms with E-state index in [-0.39, 0.29) is 4.47 Å². The summed E-state index contributed by atoms with van der Waals surface area (Å²) in [5.41, 5.74) is 9.01. The van der Waals surface area contributed by atoms with Crippen LogP contribution in [0.15, 0.2) is 40.9 Å². The van der Waals surface area contributed by atoms with Gasteiger partial charge in [0.15, 0.2) is 11.6 Å². The maximum absolute atomic E-state index is 13.7. The van der Waals surface area contributed by atoms with Crippen LogP contribution in [0.3, 0.4) is 0 Å². The SMILES string of the molecule is NC(c1cccc(C2CCC2)c1)c1ccc(F)c(F)c1Br. The monoisotopic (exact) mass is 351 g/mol. The zero-order valence-electron chi connectivity index (χ0n) is 11.5. The molecule has 1 aliphatic rings. The van der Waals surface area contributed by atoms with Crippen molar-refractivity contribution in [1.29, 1.82) is 0 Å². The quantitative estimate of drug-likeness (QED) is 0.770. The minimum absolute atomic E-state index is 0.101. The molecule has 0 amide bonds. The Labute approximate surface area is 131 Å². The molecule has 110 valence electrons. The molecule has 1 nitrogen and oxygen atoms in total. The molecule has 2 aromatic rings. The maximum atomic E-state index is 13.7. The lowest BCUT2D eigenvalue weighted by molar-refractivity contribution is 0.419. The largest absolute Gasteiger partial charge is 0.320 e. The second-order valence-electron chi connectivity index (χ2n) is 5.54. The standard InChI is InChI=1S/C17H16BrF2N/c18-15-13(7-8-14(19)16(15)20)17(21)12-6-2-5-11(9-12)10-3-1-4-10/h2,5-10,17H,1,3-4,21H2. The van der Waals surface area contributed by atoms with Gasteiger partial charge in [0.05, 0.1) is 10.5 Å². The topological polar surface area (TPSA) is 26.0 Å². The molecule has 0 heterocycles. The molecule has 0 saturated heterocycles. The van der Waals surface area contributed by atoms with Gasteiger partial charge in [0.25, 0.3) is 0 Å². The number of rotatable bonds is 3. The minimum atomic E-state index is -0.891. The molecule has 1 unspecified atom stereocenters. The normalized spacial score (nSPS) is 16.6. The Balaban J connectivity index is 1.95. The van der Waals surface area contributed by atoms with Crippen LogP contribution in [0.25, 0.3) is 0 Å². The van der Waals surface area contributed by atoms with Crippen LogP contribution in [-0.4, -0.2) is 0 Å². The van der Waals surface area contributed by atoms with Crippen LogP contribution < -0.4 is 5.73 Å². The average molecular weight is 352 g/mol. The van der Waals surface area contributed by atoms with Crippen molar-refractivity contribution in [2.24, 2.45) is 5.73 Å². The van der Waals surface area contributed by atoms with Crippen LogP contribution in [0.5, 0.6) is 0 Å². The Bertz CT molecular complexity index is 668. The molecule has 1 atom stereocenters. The van der Waals surface area contributed by atoms with Gasteiger partial charge >= 0.3 is 0 Å². The second kappa shape index (κ2) is 5.85. The van der Waals surface area contributed by atoms with Gasteiger partial charge in [-0.05, 0) is 57.4 Å². The number of hydrogen-bond acceptors (Lipinski definition) is 1. The van der Waals surface area contributed by atoms with E-state index in [4.69, 9.17) is 5.73 Å². The van der Waals surface area contributed by atoms with Gasteiger partial charge in [-0.25, -0.2) is 8.78 Å². The lowest BCUT2D eigenvalue weighted by atomic mass is 9.79. The van der Waals surface area contributed by atoms with Crippen molar-refractivity contribution >= 4 is 15.9 Å². The van der Waals surface area contributed by atoms with Crippen molar-refractivity contribution in [2.75, 3.05) is 0 Å². The zero-order valence-corrected chi connectivity index (χ0v) is 13.0. The second-order valence-corrected chi connectivity index (χ2v) is 6.33. The lowest BCUT2D eigenvalue weighted by Gasteiger charge is -2.26. The molecule has 1 aliphatic carbocycles. The van der Waals surface area contributed by atoms with Crippen LogP contribution in [-0.2, 0) is 0 Å². The van der Waals surface area contributed by atoms with Gasteiger partial charge in [0.1, 0.15) is 0 Å². The summed E-state index contributed by atoms with van der Waals surface area (Å²) in [6, 6.07) is 10.3. The third-order valence-corrected chi connectivity index (χ3v) is 5.05. The Kier molecular flexibility index (Phi) is 4.09. The van der Waals surface area contributed by atoms with Gasteiger partial charge in [-0.2, -0.15) is 0 Å². The Morgan fingerprint density at radius 1 is 1.14 bits per heavy atom. The Morgan fingerprint density at radius 2 is 1.90 bits per heavy atom. The van der Waals surface area contributed by atoms with Gasteiger partial charge in [-0.15, -0.1) is 0 Å². The van der Waals surface area contributed by atoms with Crippen molar-refractivity contribution in [3.63, 3.8) is 0 Å². The van der Waals surface area contributed by atoms with E-state index in [2.05, 4.69) is 28.1 Å². The van der Waals surface area contributed by atoms with E-state index in [0.717, 1.165) is 11.6 Å². The summed E-state index contributed by atoms with van der Waals surface area (Å²) < 4.78 is 27.0. The number of hydrogen-bond donors (Lipinski definition) is 1. The molecule has 1 fully saturated rings. The molecule has 2 aromatic carbocycles. The fourth-order valence-corrected chi connectivity index (χ4v) is 3.28. The minimum Gasteiger partial charge on any atom is -0.320 e. The summed E-state index contributed by atoms with van der Waals surface area (Å²) >= 11 is 3.11. The summed E-state index contributed by atoms with van der Waals surface area (Å²) in [7, 11) is 0. The highest BCUT2D eigenvalue weighted by atomic mass is 79.9. The highest BCUT2D eigenvalue weighted by Crippen LogP contribution is 2.38. The highest BCUT2D eigenvalue weighted by molar-refractivity contribution is 9.10. The fourth-order valence-electron chi connectivity index (χ4n) is 2.71. The molecular weight excluding hydrogens is 336 g/mol. The van der Waals surface area contributed by atoms with Crippen molar-refractivity contribution < 1.29 is 8.78 Å². The third kappa shape index (κ3) is 2.74. The zero-order chi connectivity index (χ0) is 15.0. The Morgan fingerprint density at radius 3 is 2.57 bits per heavy atom. The predicted molar refractivity (Wildman–Crippen MR) is 83.1 cm³/mol. The number of halogens is 3. The van der Waals surface area contributed by atoms with Crippen LogP contribution in [0, 0.1) is 11.6 Å². The first-order valence-electron chi connectivity index (χ1n) is 7.06. The van der Waals surface area contributed by atoms with Gasteiger partial charge in [-0.3, -0.25) is 0 Å². The summed E-state index contributed by atoms with van der Waals surface area (Å²) in [6.45, 7) is 0. The van der Waals surface area contributed by atoms with E-state index >= 15 is 0 Å². The van der Waals surface area contributed by atoms with Gasteiger partial charge < -0.3 is 5.73 Å². The van der Waals surface area contributed by atoms with E-state index in [9.17, 15) is 8.78 Å². The molecular formula is C17H16BrF2N. The molecule has 0 aromatic heterocycles. The molecule has 3 rings (SSSR count). The van der Waals surface area contributed by atoms with Crippen LogP contribution in [0.1, 0.15) is 47.9 Å². The van der Waals surface area contributed by atoms with Crippen molar-refractivity contribution in [2.45, 2.75) is 31.2 Å². The fraction of sp³-hybridized carbons (Fsp3) is 0.294. The van der Waals surface area contributed by atoms with Crippen LogP contribution in [0.2, 0.25) is 0 Å². The molecule has 0 spiro atoms. The predicted octanol–water partition coefficient (Wildman–Crippen LogP) is 5.04.